The quantitative estimate of drug-likeness (QED) is 0.292. The third-order valence-electron chi connectivity index (χ3n) is 6.62. The number of nitrogens with zero attached hydrogens (tertiary/aromatic N) is 1. The molecule has 0 saturated carbocycles. The molecule has 0 spiro atoms. The molecule has 0 aliphatic carbocycles. The average Bonchev–Trinajstić information content (AvgIpc) is 3.30. The zero-order valence-corrected chi connectivity index (χ0v) is 22.7. The van der Waals surface area contributed by atoms with Gasteiger partial charge in [-0.05, 0) is 62.9 Å². The summed E-state index contributed by atoms with van der Waals surface area (Å²) in [5, 5.41) is 16.6. The van der Waals surface area contributed by atoms with Crippen molar-refractivity contribution in [2.45, 2.75) is 46.3 Å². The molecule has 0 aromatic heterocycles. The number of nitrogens with one attached hydrogen (secondary N) is 2. The molecule has 9 nitrogen and oxygen atoms in total. The lowest BCUT2D eigenvalue weighted by atomic mass is 9.94. The van der Waals surface area contributed by atoms with Gasteiger partial charge in [-0.15, -0.1) is 0 Å². The van der Waals surface area contributed by atoms with Crippen LogP contribution in [0.2, 0.25) is 0 Å². The van der Waals surface area contributed by atoms with E-state index < -0.39 is 6.10 Å². The van der Waals surface area contributed by atoms with E-state index >= 15 is 0 Å². The number of benzene rings is 1. The molecule has 0 radical (unpaired) electrons. The summed E-state index contributed by atoms with van der Waals surface area (Å²) >= 11 is 0. The SMILES string of the molecule is COCCCOc1cc(C(=O)N(C[C@@H]2CNC[C@H]2CNCC(=O)C(O)C(C)C)C(C)C)ccc1OC. The molecule has 1 saturated heterocycles. The minimum atomic E-state index is -0.942. The summed E-state index contributed by atoms with van der Waals surface area (Å²) in [6.45, 7) is 11.8. The first-order valence-electron chi connectivity index (χ1n) is 12.9. The largest absolute Gasteiger partial charge is 0.493 e. The second kappa shape index (κ2) is 15.1. The number of hydrogen-bond donors (Lipinski definition) is 3. The van der Waals surface area contributed by atoms with Gasteiger partial charge in [-0.1, -0.05) is 13.8 Å². The van der Waals surface area contributed by atoms with Crippen LogP contribution in [-0.2, 0) is 9.53 Å². The lowest BCUT2D eigenvalue weighted by Crippen LogP contribution is -2.44. The number of aliphatic hydroxyl groups is 1. The van der Waals surface area contributed by atoms with E-state index in [4.69, 9.17) is 14.2 Å². The Bertz CT molecular complexity index is 832. The second-order valence-electron chi connectivity index (χ2n) is 10.1. The highest BCUT2D eigenvalue weighted by Crippen LogP contribution is 2.29. The van der Waals surface area contributed by atoms with Gasteiger partial charge in [-0.2, -0.15) is 0 Å². The van der Waals surface area contributed by atoms with Crippen LogP contribution in [0.1, 0.15) is 44.5 Å². The molecule has 1 unspecified atom stereocenters. The van der Waals surface area contributed by atoms with E-state index in [1.165, 1.54) is 0 Å². The maximum Gasteiger partial charge on any atom is 0.254 e. The number of carbonyl (C=O) groups is 2. The molecule has 1 amide bonds. The number of ether oxygens (including phenoxy) is 3. The summed E-state index contributed by atoms with van der Waals surface area (Å²) in [7, 11) is 3.23. The summed E-state index contributed by atoms with van der Waals surface area (Å²) in [6, 6.07) is 5.31. The summed E-state index contributed by atoms with van der Waals surface area (Å²) in [6.07, 6.45) is -0.204. The summed E-state index contributed by atoms with van der Waals surface area (Å²) in [5.74, 6) is 1.31. The molecule has 0 bridgehead atoms. The molecule has 1 aromatic carbocycles. The van der Waals surface area contributed by atoms with Crippen molar-refractivity contribution in [3.8, 4) is 11.5 Å². The molecule has 1 fully saturated rings. The maximum atomic E-state index is 13.6. The third kappa shape index (κ3) is 8.73. The second-order valence-corrected chi connectivity index (χ2v) is 10.1. The standard InChI is InChI=1S/C27H45N3O6/c1-18(2)26(32)23(31)16-29-14-21-13-28-15-22(21)17-30(19(3)4)27(33)20-8-9-24(35-6)25(12-20)36-11-7-10-34-5/h8-9,12,18-19,21-22,26,28-29,32H,7,10-11,13-17H2,1-6H3/t21-,22-,26?/m0/s1. The number of Topliss-reactive ketones (excluding diaryl/α,β-unsaturated/α-hetero) is 1. The van der Waals surface area contributed by atoms with Crippen LogP contribution in [0, 0.1) is 17.8 Å². The Morgan fingerprint density at radius 1 is 1.11 bits per heavy atom. The third-order valence-corrected chi connectivity index (χ3v) is 6.62. The van der Waals surface area contributed by atoms with Crippen LogP contribution < -0.4 is 20.1 Å². The summed E-state index contributed by atoms with van der Waals surface area (Å²) < 4.78 is 16.4. The van der Waals surface area contributed by atoms with Gasteiger partial charge >= 0.3 is 0 Å². The minimum Gasteiger partial charge on any atom is -0.493 e. The van der Waals surface area contributed by atoms with Crippen LogP contribution >= 0.6 is 0 Å². The Labute approximate surface area is 215 Å². The lowest BCUT2D eigenvalue weighted by molar-refractivity contribution is -0.128. The van der Waals surface area contributed by atoms with Gasteiger partial charge in [0, 0.05) is 44.8 Å². The molecule has 3 N–H and O–H groups in total. The highest BCUT2D eigenvalue weighted by atomic mass is 16.5. The minimum absolute atomic E-state index is 0.0163. The van der Waals surface area contributed by atoms with E-state index in [2.05, 4.69) is 10.6 Å². The van der Waals surface area contributed by atoms with E-state index in [1.807, 2.05) is 32.6 Å². The number of methoxy groups -OCH3 is 2. The van der Waals surface area contributed by atoms with Gasteiger partial charge in [0.2, 0.25) is 0 Å². The number of ketones is 1. The topological polar surface area (TPSA) is 109 Å². The van der Waals surface area contributed by atoms with Crippen LogP contribution in [0.25, 0.3) is 0 Å². The molecule has 9 heteroatoms. The van der Waals surface area contributed by atoms with Crippen LogP contribution in [0.5, 0.6) is 11.5 Å². The Kier molecular flexibility index (Phi) is 12.6. The molecule has 3 atom stereocenters. The molecular formula is C27H45N3O6. The van der Waals surface area contributed by atoms with E-state index in [-0.39, 0.29) is 42.0 Å². The van der Waals surface area contributed by atoms with Crippen molar-refractivity contribution in [1.29, 1.82) is 0 Å². The van der Waals surface area contributed by atoms with Crippen LogP contribution in [-0.4, -0.2) is 94.0 Å². The number of rotatable bonds is 16. The van der Waals surface area contributed by atoms with Crippen LogP contribution in [0.15, 0.2) is 18.2 Å². The van der Waals surface area contributed by atoms with Crippen molar-refractivity contribution >= 4 is 11.7 Å². The Balaban J connectivity index is 2.03. The van der Waals surface area contributed by atoms with E-state index in [9.17, 15) is 14.7 Å². The molecule has 204 valence electrons. The fourth-order valence-corrected chi connectivity index (χ4v) is 4.35. The van der Waals surface area contributed by atoms with Crippen LogP contribution in [0.4, 0.5) is 0 Å². The first-order chi connectivity index (χ1) is 17.2. The fourth-order valence-electron chi connectivity index (χ4n) is 4.35. The first-order valence-corrected chi connectivity index (χ1v) is 12.9. The van der Waals surface area contributed by atoms with Crippen molar-refractivity contribution < 1.29 is 28.9 Å². The van der Waals surface area contributed by atoms with Crippen molar-refractivity contribution in [3.63, 3.8) is 0 Å². The molecule has 2 rings (SSSR count). The highest BCUT2D eigenvalue weighted by molar-refractivity contribution is 5.95. The maximum absolute atomic E-state index is 13.6. The first kappa shape index (κ1) is 30.0. The highest BCUT2D eigenvalue weighted by Gasteiger charge is 2.32. The number of aliphatic hydroxyl groups excluding tert-OH is 1. The molecule has 1 aromatic rings. The van der Waals surface area contributed by atoms with Crippen molar-refractivity contribution in [2.24, 2.45) is 17.8 Å². The Morgan fingerprint density at radius 2 is 1.83 bits per heavy atom. The average molecular weight is 508 g/mol. The summed E-state index contributed by atoms with van der Waals surface area (Å²) in [5.41, 5.74) is 0.556. The zero-order valence-electron chi connectivity index (χ0n) is 22.7. The fraction of sp³-hybridized carbons (Fsp3) is 0.704. The Hall–Kier alpha value is -2.20. The number of hydrogen-bond acceptors (Lipinski definition) is 8. The normalized spacial score (nSPS) is 18.5. The smallest absolute Gasteiger partial charge is 0.254 e. The predicted molar refractivity (Wildman–Crippen MR) is 140 cm³/mol. The van der Waals surface area contributed by atoms with Gasteiger partial charge < -0.3 is 34.9 Å². The molecular weight excluding hydrogens is 462 g/mol. The molecule has 1 aliphatic rings. The van der Waals surface area contributed by atoms with E-state index in [0.29, 0.717) is 43.4 Å². The van der Waals surface area contributed by atoms with Crippen LogP contribution in [0.3, 0.4) is 0 Å². The van der Waals surface area contributed by atoms with Gasteiger partial charge in [0.25, 0.3) is 5.91 Å². The zero-order chi connectivity index (χ0) is 26.7. The monoisotopic (exact) mass is 507 g/mol. The van der Waals surface area contributed by atoms with Gasteiger partial charge in [0.05, 0.1) is 20.3 Å². The van der Waals surface area contributed by atoms with Gasteiger partial charge in [-0.25, -0.2) is 0 Å². The summed E-state index contributed by atoms with van der Waals surface area (Å²) in [4.78, 5) is 27.6. The molecule has 1 heterocycles. The van der Waals surface area contributed by atoms with Crippen molar-refractivity contribution in [3.05, 3.63) is 23.8 Å². The molecule has 36 heavy (non-hydrogen) atoms. The predicted octanol–water partition coefficient (Wildman–Crippen LogP) is 1.97. The van der Waals surface area contributed by atoms with Gasteiger partial charge in [0.15, 0.2) is 17.3 Å². The van der Waals surface area contributed by atoms with Gasteiger partial charge in [-0.3, -0.25) is 9.59 Å². The van der Waals surface area contributed by atoms with E-state index in [1.54, 1.807) is 32.4 Å². The lowest BCUT2D eigenvalue weighted by Gasteiger charge is -2.32. The number of amides is 1. The van der Waals surface area contributed by atoms with E-state index in [0.717, 1.165) is 19.5 Å². The molecule has 1 aliphatic heterocycles. The van der Waals surface area contributed by atoms with Gasteiger partial charge in [0.1, 0.15) is 6.10 Å². The van der Waals surface area contributed by atoms with Crippen molar-refractivity contribution in [1.82, 2.24) is 15.5 Å². The number of carbonyl (C=O) groups excluding carboxylic acids is 2. The van der Waals surface area contributed by atoms with Crippen molar-refractivity contribution in [2.75, 3.05) is 60.2 Å². The Morgan fingerprint density at radius 3 is 2.47 bits per heavy atom.